The van der Waals surface area contributed by atoms with Gasteiger partial charge in [0.25, 0.3) is 0 Å². The molecule has 5 nitrogen and oxygen atoms in total. The molecule has 4 rings (SSSR count). The fraction of sp³-hybridized carbons (Fsp3) is 0.217. The van der Waals surface area contributed by atoms with Gasteiger partial charge < -0.3 is 15.2 Å². The van der Waals surface area contributed by atoms with Crippen LogP contribution >= 0.6 is 0 Å². The van der Waals surface area contributed by atoms with Crippen LogP contribution in [0.3, 0.4) is 0 Å². The molecule has 1 unspecified atom stereocenters. The Kier molecular flexibility index (Phi) is 4.84. The second-order valence-electron chi connectivity index (χ2n) is 7.05. The summed E-state index contributed by atoms with van der Waals surface area (Å²) in [5.41, 5.74) is 3.13. The highest BCUT2D eigenvalue weighted by Gasteiger charge is 2.33. The Balaban J connectivity index is 1.79. The molecule has 0 spiro atoms. The van der Waals surface area contributed by atoms with Gasteiger partial charge in [-0.1, -0.05) is 30.3 Å². The SMILES string of the molecule is COc1ccc(C(O)(Cc2cccnc2)c2ccc3c(c2)CCC(=O)N3)cc1. The molecule has 0 aliphatic carbocycles. The number of benzene rings is 2. The van der Waals surface area contributed by atoms with Crippen LogP contribution in [0.2, 0.25) is 0 Å². The van der Waals surface area contributed by atoms with Gasteiger partial charge in [-0.05, 0) is 52.9 Å². The molecule has 5 heteroatoms. The molecular formula is C23H22N2O3. The van der Waals surface area contributed by atoms with E-state index in [4.69, 9.17) is 4.74 Å². The molecule has 1 amide bonds. The van der Waals surface area contributed by atoms with E-state index >= 15 is 0 Å². The van der Waals surface area contributed by atoms with E-state index in [1.165, 1.54) is 0 Å². The lowest BCUT2D eigenvalue weighted by Crippen LogP contribution is -2.31. The lowest BCUT2D eigenvalue weighted by molar-refractivity contribution is -0.116. The number of aliphatic hydroxyl groups is 1. The van der Waals surface area contributed by atoms with Gasteiger partial charge in [-0.25, -0.2) is 0 Å². The smallest absolute Gasteiger partial charge is 0.224 e. The third-order valence-electron chi connectivity index (χ3n) is 5.23. The summed E-state index contributed by atoms with van der Waals surface area (Å²) in [5, 5.41) is 14.8. The van der Waals surface area contributed by atoms with E-state index in [-0.39, 0.29) is 5.91 Å². The number of anilines is 1. The summed E-state index contributed by atoms with van der Waals surface area (Å²) < 4.78 is 5.26. The molecule has 0 saturated heterocycles. The van der Waals surface area contributed by atoms with Crippen molar-refractivity contribution in [1.82, 2.24) is 4.98 Å². The van der Waals surface area contributed by atoms with Crippen molar-refractivity contribution in [1.29, 1.82) is 0 Å². The predicted molar refractivity (Wildman–Crippen MR) is 107 cm³/mol. The molecule has 2 N–H and O–H groups in total. The quantitative estimate of drug-likeness (QED) is 0.718. The number of aryl methyl sites for hydroxylation is 1. The number of nitrogens with one attached hydrogen (secondary N) is 1. The van der Waals surface area contributed by atoms with E-state index in [1.807, 2.05) is 54.6 Å². The first-order valence-corrected chi connectivity index (χ1v) is 9.27. The molecule has 1 aromatic heterocycles. The van der Waals surface area contributed by atoms with Crippen LogP contribution in [-0.4, -0.2) is 23.1 Å². The zero-order valence-electron chi connectivity index (χ0n) is 15.7. The fourth-order valence-corrected chi connectivity index (χ4v) is 3.68. The number of ether oxygens (including phenoxy) is 1. The Bertz CT molecular complexity index is 986. The van der Waals surface area contributed by atoms with Crippen molar-refractivity contribution in [2.45, 2.75) is 24.9 Å². The maximum atomic E-state index is 11.9. The second kappa shape index (κ2) is 7.44. The molecule has 0 fully saturated rings. The standard InChI is InChI=1S/C23H22N2O3/c1-28-20-8-5-18(6-9-20)23(27,14-16-3-2-12-24-15-16)19-7-10-21-17(13-19)4-11-22(26)25-21/h2-3,5-10,12-13,15,27H,4,11,14H2,1H3,(H,25,26). The third kappa shape index (κ3) is 3.49. The summed E-state index contributed by atoms with van der Waals surface area (Å²) in [6, 6.07) is 17.0. The summed E-state index contributed by atoms with van der Waals surface area (Å²) in [4.78, 5) is 15.8. The van der Waals surface area contributed by atoms with E-state index in [2.05, 4.69) is 10.3 Å². The largest absolute Gasteiger partial charge is 0.497 e. The molecule has 0 radical (unpaired) electrons. The monoisotopic (exact) mass is 374 g/mol. The number of hydrogen-bond donors (Lipinski definition) is 2. The molecule has 0 saturated carbocycles. The highest BCUT2D eigenvalue weighted by Crippen LogP contribution is 2.36. The number of carbonyl (C=O) groups excluding carboxylic acids is 1. The van der Waals surface area contributed by atoms with Gasteiger partial charge in [0.05, 0.1) is 7.11 Å². The van der Waals surface area contributed by atoms with Crippen molar-refractivity contribution in [3.8, 4) is 5.75 Å². The number of rotatable bonds is 5. The van der Waals surface area contributed by atoms with Crippen LogP contribution in [0.15, 0.2) is 67.0 Å². The van der Waals surface area contributed by atoms with Gasteiger partial charge in [0.1, 0.15) is 11.4 Å². The summed E-state index contributed by atoms with van der Waals surface area (Å²) in [7, 11) is 1.62. The lowest BCUT2D eigenvalue weighted by atomic mass is 9.80. The molecule has 2 aromatic carbocycles. The summed E-state index contributed by atoms with van der Waals surface area (Å²) in [6.45, 7) is 0. The van der Waals surface area contributed by atoms with Crippen molar-refractivity contribution in [2.24, 2.45) is 0 Å². The first kappa shape index (κ1) is 18.2. The summed E-state index contributed by atoms with van der Waals surface area (Å²) in [6.07, 6.45) is 5.00. The van der Waals surface area contributed by atoms with Gasteiger partial charge in [0, 0.05) is 30.9 Å². The van der Waals surface area contributed by atoms with Crippen molar-refractivity contribution in [3.05, 3.63) is 89.2 Å². The zero-order chi connectivity index (χ0) is 19.6. The average molecular weight is 374 g/mol. The lowest BCUT2D eigenvalue weighted by Gasteiger charge is -2.31. The third-order valence-corrected chi connectivity index (χ3v) is 5.23. The van der Waals surface area contributed by atoms with Gasteiger partial charge >= 0.3 is 0 Å². The normalized spacial score (nSPS) is 15.3. The zero-order valence-corrected chi connectivity index (χ0v) is 15.7. The van der Waals surface area contributed by atoms with Crippen LogP contribution in [-0.2, 0) is 23.2 Å². The van der Waals surface area contributed by atoms with Gasteiger partial charge in [0.2, 0.25) is 5.91 Å². The Hall–Kier alpha value is -3.18. The van der Waals surface area contributed by atoms with E-state index in [0.717, 1.165) is 33.7 Å². The molecule has 1 aliphatic rings. The number of methoxy groups -OCH3 is 1. The molecule has 28 heavy (non-hydrogen) atoms. The molecule has 142 valence electrons. The molecule has 0 bridgehead atoms. The first-order valence-electron chi connectivity index (χ1n) is 9.27. The van der Waals surface area contributed by atoms with Crippen LogP contribution in [0, 0.1) is 0 Å². The van der Waals surface area contributed by atoms with Gasteiger partial charge in [-0.15, -0.1) is 0 Å². The number of fused-ring (bicyclic) bond motifs is 1. The number of pyridine rings is 1. The van der Waals surface area contributed by atoms with Gasteiger partial charge in [-0.2, -0.15) is 0 Å². The van der Waals surface area contributed by atoms with Crippen molar-refractivity contribution in [2.75, 3.05) is 12.4 Å². The fourth-order valence-electron chi connectivity index (χ4n) is 3.68. The second-order valence-corrected chi connectivity index (χ2v) is 7.05. The van der Waals surface area contributed by atoms with Crippen molar-refractivity contribution < 1.29 is 14.6 Å². The average Bonchev–Trinajstić information content (AvgIpc) is 2.74. The number of carbonyl (C=O) groups is 1. The van der Waals surface area contributed by atoms with Crippen molar-refractivity contribution >= 4 is 11.6 Å². The van der Waals surface area contributed by atoms with Crippen LogP contribution in [0.1, 0.15) is 28.7 Å². The van der Waals surface area contributed by atoms with E-state index < -0.39 is 5.60 Å². The Morgan fingerprint density at radius 2 is 1.89 bits per heavy atom. The molecule has 1 aliphatic heterocycles. The van der Waals surface area contributed by atoms with Crippen LogP contribution in [0.5, 0.6) is 5.75 Å². The minimum absolute atomic E-state index is 0.0287. The van der Waals surface area contributed by atoms with Crippen LogP contribution < -0.4 is 10.1 Å². The van der Waals surface area contributed by atoms with E-state index in [9.17, 15) is 9.90 Å². The highest BCUT2D eigenvalue weighted by atomic mass is 16.5. The maximum absolute atomic E-state index is 11.9. The summed E-state index contributed by atoms with van der Waals surface area (Å²) in [5.74, 6) is 0.765. The topological polar surface area (TPSA) is 71.5 Å². The minimum Gasteiger partial charge on any atom is -0.497 e. The van der Waals surface area contributed by atoms with Crippen molar-refractivity contribution in [3.63, 3.8) is 0 Å². The minimum atomic E-state index is -1.23. The predicted octanol–water partition coefficient (Wildman–Crippen LogP) is 3.45. The molecule has 3 aromatic rings. The van der Waals surface area contributed by atoms with Crippen LogP contribution in [0.25, 0.3) is 0 Å². The first-order chi connectivity index (χ1) is 13.6. The van der Waals surface area contributed by atoms with Crippen LogP contribution in [0.4, 0.5) is 5.69 Å². The Morgan fingerprint density at radius 3 is 2.61 bits per heavy atom. The van der Waals surface area contributed by atoms with Gasteiger partial charge in [0.15, 0.2) is 0 Å². The Morgan fingerprint density at radius 1 is 1.11 bits per heavy atom. The maximum Gasteiger partial charge on any atom is 0.224 e. The Labute approximate surface area is 164 Å². The number of nitrogens with zero attached hydrogens (tertiary/aromatic N) is 1. The molecular weight excluding hydrogens is 352 g/mol. The molecule has 2 heterocycles. The number of hydrogen-bond acceptors (Lipinski definition) is 4. The van der Waals surface area contributed by atoms with Gasteiger partial charge in [-0.3, -0.25) is 9.78 Å². The number of aromatic nitrogens is 1. The number of amides is 1. The summed E-state index contributed by atoms with van der Waals surface area (Å²) >= 11 is 0. The highest BCUT2D eigenvalue weighted by molar-refractivity contribution is 5.93. The molecule has 1 atom stereocenters. The van der Waals surface area contributed by atoms with E-state index in [1.54, 1.807) is 19.5 Å². The van der Waals surface area contributed by atoms with E-state index in [0.29, 0.717) is 19.3 Å².